The summed E-state index contributed by atoms with van der Waals surface area (Å²) in [5.41, 5.74) is 1.26. The summed E-state index contributed by atoms with van der Waals surface area (Å²) in [6, 6.07) is 6.06. The van der Waals surface area contributed by atoms with Gasteiger partial charge in [-0.3, -0.25) is 0 Å². The zero-order chi connectivity index (χ0) is 9.26. The first kappa shape index (κ1) is 8.42. The van der Waals surface area contributed by atoms with Crippen molar-refractivity contribution in [3.05, 3.63) is 23.8 Å². The molecular weight excluding hydrogens is 164 g/mol. The van der Waals surface area contributed by atoms with E-state index >= 15 is 0 Å². The summed E-state index contributed by atoms with van der Waals surface area (Å²) in [6.45, 7) is 3.00. The van der Waals surface area contributed by atoms with E-state index in [1.54, 1.807) is 7.11 Å². The van der Waals surface area contributed by atoms with Crippen LogP contribution in [0, 0.1) is 5.92 Å². The number of ether oxygens (including phenoxy) is 2. The molecule has 0 amide bonds. The van der Waals surface area contributed by atoms with Crippen LogP contribution in [-0.2, 0) is 6.42 Å². The maximum atomic E-state index is 5.63. The van der Waals surface area contributed by atoms with Crippen molar-refractivity contribution in [2.24, 2.45) is 5.92 Å². The van der Waals surface area contributed by atoms with Crippen LogP contribution in [0.25, 0.3) is 0 Å². The highest BCUT2D eigenvalue weighted by molar-refractivity contribution is 5.47. The van der Waals surface area contributed by atoms with Crippen molar-refractivity contribution in [3.63, 3.8) is 0 Å². The molecule has 1 heterocycles. The van der Waals surface area contributed by atoms with E-state index in [9.17, 15) is 0 Å². The summed E-state index contributed by atoms with van der Waals surface area (Å²) < 4.78 is 10.9. The van der Waals surface area contributed by atoms with E-state index in [4.69, 9.17) is 9.47 Å². The molecule has 0 aliphatic carbocycles. The summed E-state index contributed by atoms with van der Waals surface area (Å²) in [4.78, 5) is 0. The summed E-state index contributed by atoms with van der Waals surface area (Å²) in [5, 5.41) is 0. The topological polar surface area (TPSA) is 18.5 Å². The Hall–Kier alpha value is -1.18. The number of hydrogen-bond donors (Lipinski definition) is 0. The highest BCUT2D eigenvalue weighted by atomic mass is 16.5. The molecule has 1 aromatic carbocycles. The number of rotatable bonds is 1. The van der Waals surface area contributed by atoms with E-state index < -0.39 is 0 Å². The van der Waals surface area contributed by atoms with Gasteiger partial charge in [0.1, 0.15) is 0 Å². The molecule has 1 aliphatic heterocycles. The number of benzene rings is 1. The van der Waals surface area contributed by atoms with E-state index in [2.05, 4.69) is 13.0 Å². The lowest BCUT2D eigenvalue weighted by Crippen LogP contribution is -2.18. The van der Waals surface area contributed by atoms with Crippen molar-refractivity contribution in [2.45, 2.75) is 13.3 Å². The van der Waals surface area contributed by atoms with Crippen LogP contribution >= 0.6 is 0 Å². The molecule has 0 saturated carbocycles. The van der Waals surface area contributed by atoms with E-state index in [0.717, 1.165) is 24.5 Å². The van der Waals surface area contributed by atoms with E-state index in [0.29, 0.717) is 5.92 Å². The Bertz CT molecular complexity index is 307. The molecule has 1 unspecified atom stereocenters. The summed E-state index contributed by atoms with van der Waals surface area (Å²) in [7, 11) is 1.68. The van der Waals surface area contributed by atoms with Gasteiger partial charge in [-0.2, -0.15) is 0 Å². The van der Waals surface area contributed by atoms with Gasteiger partial charge >= 0.3 is 0 Å². The minimum Gasteiger partial charge on any atom is -0.493 e. The number of hydrogen-bond acceptors (Lipinski definition) is 2. The molecule has 0 saturated heterocycles. The Morgan fingerprint density at radius 3 is 3.08 bits per heavy atom. The second kappa shape index (κ2) is 3.29. The molecule has 0 spiro atoms. The van der Waals surface area contributed by atoms with Crippen molar-refractivity contribution in [1.29, 1.82) is 0 Å². The van der Waals surface area contributed by atoms with Gasteiger partial charge in [0, 0.05) is 0 Å². The predicted octanol–water partition coefficient (Wildman–Crippen LogP) is 2.27. The number of para-hydroxylation sites is 1. The van der Waals surface area contributed by atoms with Crippen LogP contribution in [0.3, 0.4) is 0 Å². The highest BCUT2D eigenvalue weighted by Gasteiger charge is 2.18. The van der Waals surface area contributed by atoms with Crippen molar-refractivity contribution in [2.75, 3.05) is 13.7 Å². The van der Waals surface area contributed by atoms with Crippen LogP contribution in [0.5, 0.6) is 11.5 Å². The Balaban J connectivity index is 2.39. The molecule has 1 atom stereocenters. The van der Waals surface area contributed by atoms with Crippen LogP contribution in [0.2, 0.25) is 0 Å². The first-order chi connectivity index (χ1) is 6.31. The molecule has 13 heavy (non-hydrogen) atoms. The number of fused-ring (bicyclic) bond motifs is 1. The van der Waals surface area contributed by atoms with Gasteiger partial charge in [0.25, 0.3) is 0 Å². The van der Waals surface area contributed by atoms with Gasteiger partial charge in [-0.25, -0.2) is 0 Å². The molecule has 0 radical (unpaired) electrons. The van der Waals surface area contributed by atoms with Crippen molar-refractivity contribution in [1.82, 2.24) is 0 Å². The van der Waals surface area contributed by atoms with Gasteiger partial charge in [-0.15, -0.1) is 0 Å². The van der Waals surface area contributed by atoms with Crippen LogP contribution in [-0.4, -0.2) is 13.7 Å². The van der Waals surface area contributed by atoms with Crippen molar-refractivity contribution >= 4 is 0 Å². The van der Waals surface area contributed by atoms with Gasteiger partial charge < -0.3 is 9.47 Å². The minimum absolute atomic E-state index is 0.611. The minimum atomic E-state index is 0.611. The van der Waals surface area contributed by atoms with Crippen molar-refractivity contribution in [3.8, 4) is 11.5 Å². The molecule has 1 aromatic rings. The van der Waals surface area contributed by atoms with Crippen LogP contribution < -0.4 is 9.47 Å². The summed E-state index contributed by atoms with van der Waals surface area (Å²) in [5.74, 6) is 2.40. The Morgan fingerprint density at radius 2 is 2.31 bits per heavy atom. The van der Waals surface area contributed by atoms with Gasteiger partial charge in [0.05, 0.1) is 13.7 Å². The monoisotopic (exact) mass is 178 g/mol. The smallest absolute Gasteiger partial charge is 0.164 e. The fraction of sp³-hybridized carbons (Fsp3) is 0.455. The lowest BCUT2D eigenvalue weighted by molar-refractivity contribution is 0.222. The molecule has 0 N–H and O–H groups in total. The van der Waals surface area contributed by atoms with Crippen molar-refractivity contribution < 1.29 is 9.47 Å². The van der Waals surface area contributed by atoms with Crippen LogP contribution in [0.15, 0.2) is 18.2 Å². The van der Waals surface area contributed by atoms with Gasteiger partial charge in [-0.05, 0) is 24.0 Å². The van der Waals surface area contributed by atoms with Crippen LogP contribution in [0.1, 0.15) is 12.5 Å². The molecule has 0 aromatic heterocycles. The zero-order valence-corrected chi connectivity index (χ0v) is 8.04. The van der Waals surface area contributed by atoms with Crippen LogP contribution in [0.4, 0.5) is 0 Å². The summed E-state index contributed by atoms with van der Waals surface area (Å²) >= 11 is 0. The molecule has 70 valence electrons. The standard InChI is InChI=1S/C11H14O2/c1-8-6-9-4-3-5-10(12-2)11(9)13-7-8/h3-5,8H,6-7H2,1-2H3. The van der Waals surface area contributed by atoms with E-state index in [-0.39, 0.29) is 0 Å². The van der Waals surface area contributed by atoms with E-state index in [1.807, 2.05) is 12.1 Å². The highest BCUT2D eigenvalue weighted by Crippen LogP contribution is 2.35. The maximum absolute atomic E-state index is 5.63. The quantitative estimate of drug-likeness (QED) is 0.656. The summed E-state index contributed by atoms with van der Waals surface area (Å²) in [6.07, 6.45) is 1.09. The second-order valence-corrected chi connectivity index (χ2v) is 3.57. The third kappa shape index (κ3) is 1.48. The molecule has 1 aliphatic rings. The largest absolute Gasteiger partial charge is 0.493 e. The average Bonchev–Trinajstić information content (AvgIpc) is 2.16. The van der Waals surface area contributed by atoms with Gasteiger partial charge in [0.2, 0.25) is 0 Å². The number of methoxy groups -OCH3 is 1. The van der Waals surface area contributed by atoms with E-state index in [1.165, 1.54) is 5.56 Å². The molecule has 2 nitrogen and oxygen atoms in total. The Kier molecular flexibility index (Phi) is 2.13. The second-order valence-electron chi connectivity index (χ2n) is 3.57. The molecule has 0 bridgehead atoms. The molecule has 2 rings (SSSR count). The Morgan fingerprint density at radius 1 is 1.46 bits per heavy atom. The maximum Gasteiger partial charge on any atom is 0.164 e. The third-order valence-corrected chi connectivity index (χ3v) is 2.36. The van der Waals surface area contributed by atoms with Gasteiger partial charge in [0.15, 0.2) is 11.5 Å². The normalized spacial score (nSPS) is 20.3. The molecule has 0 fully saturated rings. The average molecular weight is 178 g/mol. The lowest BCUT2D eigenvalue weighted by Gasteiger charge is -2.23. The Labute approximate surface area is 78.5 Å². The SMILES string of the molecule is COc1cccc2c1OCC(C)C2. The third-order valence-electron chi connectivity index (χ3n) is 2.36. The lowest BCUT2D eigenvalue weighted by atomic mass is 9.98. The fourth-order valence-corrected chi connectivity index (χ4v) is 1.71. The fourth-order valence-electron chi connectivity index (χ4n) is 1.71. The first-order valence-electron chi connectivity index (χ1n) is 4.60. The first-order valence-corrected chi connectivity index (χ1v) is 4.60. The predicted molar refractivity (Wildman–Crippen MR) is 51.4 cm³/mol. The zero-order valence-electron chi connectivity index (χ0n) is 8.04. The van der Waals surface area contributed by atoms with Gasteiger partial charge in [-0.1, -0.05) is 19.1 Å². The molecular formula is C11H14O2. The molecule has 2 heteroatoms.